The molecular weight excluding hydrogens is 568 g/mol. The Morgan fingerprint density at radius 2 is 1.12 bits per heavy atom. The predicted molar refractivity (Wildman–Crippen MR) is 157 cm³/mol. The average Bonchev–Trinajstić information content (AvgIpc) is 2.97. The van der Waals surface area contributed by atoms with E-state index in [0.29, 0.717) is 16.3 Å². The second kappa shape index (κ2) is 13.0. The third kappa shape index (κ3) is 6.92. The van der Waals surface area contributed by atoms with Gasteiger partial charge in [0, 0.05) is 31.2 Å². The lowest BCUT2D eigenvalue weighted by Gasteiger charge is -2.24. The Bertz CT molecular complexity index is 1630. The number of rotatable bonds is 12. The number of sulfonamides is 2. The van der Waals surface area contributed by atoms with Gasteiger partial charge in [0.15, 0.2) is 0 Å². The fourth-order valence-electron chi connectivity index (χ4n) is 4.21. The van der Waals surface area contributed by atoms with Crippen LogP contribution in [0, 0.1) is 0 Å². The summed E-state index contributed by atoms with van der Waals surface area (Å²) in [6.45, 7) is 2.37. The highest BCUT2D eigenvalue weighted by molar-refractivity contribution is 7.89. The standard InChI is InChI=1S/C30H31ClN2O5S2/c1-3-32(21-24-9-5-4-6-10-24)39(34,35)28-17-19-29(20-18-28)40(36,37)33(23-26-11-7-8-12-30(26)31)22-25-13-15-27(38-2)16-14-25/h4-20H,3,21-23H2,1-2H3. The minimum atomic E-state index is -4.03. The first-order chi connectivity index (χ1) is 19.1. The molecule has 10 heteroatoms. The minimum absolute atomic E-state index is 0.0156. The van der Waals surface area contributed by atoms with Crippen molar-refractivity contribution in [2.75, 3.05) is 13.7 Å². The number of methoxy groups -OCH3 is 1. The molecular formula is C30H31ClN2O5S2. The van der Waals surface area contributed by atoms with Gasteiger partial charge in [-0.3, -0.25) is 0 Å². The highest BCUT2D eigenvalue weighted by Gasteiger charge is 2.28. The molecule has 0 heterocycles. The number of benzene rings is 4. The van der Waals surface area contributed by atoms with Gasteiger partial charge >= 0.3 is 0 Å². The van der Waals surface area contributed by atoms with Crippen molar-refractivity contribution in [2.45, 2.75) is 36.3 Å². The topological polar surface area (TPSA) is 84.0 Å². The van der Waals surface area contributed by atoms with Crippen molar-refractivity contribution in [1.82, 2.24) is 8.61 Å². The van der Waals surface area contributed by atoms with Gasteiger partial charge in [-0.15, -0.1) is 0 Å². The molecule has 0 amide bonds. The highest BCUT2D eigenvalue weighted by atomic mass is 35.5. The van der Waals surface area contributed by atoms with E-state index in [0.717, 1.165) is 11.1 Å². The summed E-state index contributed by atoms with van der Waals surface area (Å²) in [5.74, 6) is 0.662. The molecule has 0 spiro atoms. The summed E-state index contributed by atoms with van der Waals surface area (Å²) in [6.07, 6.45) is 0. The van der Waals surface area contributed by atoms with E-state index in [1.165, 1.54) is 32.9 Å². The second-order valence-corrected chi connectivity index (χ2v) is 13.4. The van der Waals surface area contributed by atoms with Crippen LogP contribution in [0.1, 0.15) is 23.6 Å². The van der Waals surface area contributed by atoms with Crippen LogP contribution in [0.4, 0.5) is 0 Å². The monoisotopic (exact) mass is 598 g/mol. The van der Waals surface area contributed by atoms with Crippen molar-refractivity contribution in [3.05, 3.63) is 125 Å². The zero-order valence-electron chi connectivity index (χ0n) is 22.3. The van der Waals surface area contributed by atoms with E-state index < -0.39 is 20.0 Å². The third-order valence-electron chi connectivity index (χ3n) is 6.48. The van der Waals surface area contributed by atoms with Crippen LogP contribution in [0.5, 0.6) is 5.75 Å². The molecule has 4 aromatic rings. The molecule has 0 bridgehead atoms. The summed E-state index contributed by atoms with van der Waals surface area (Å²) in [5.41, 5.74) is 2.27. The van der Waals surface area contributed by atoms with Crippen molar-refractivity contribution >= 4 is 31.6 Å². The molecule has 0 saturated heterocycles. The van der Waals surface area contributed by atoms with Crippen molar-refractivity contribution in [3.63, 3.8) is 0 Å². The zero-order chi connectivity index (χ0) is 28.8. The highest BCUT2D eigenvalue weighted by Crippen LogP contribution is 2.27. The Balaban J connectivity index is 1.63. The van der Waals surface area contributed by atoms with Gasteiger partial charge in [0.25, 0.3) is 0 Å². The normalized spacial score (nSPS) is 12.1. The van der Waals surface area contributed by atoms with Crippen LogP contribution in [-0.4, -0.2) is 39.1 Å². The van der Waals surface area contributed by atoms with E-state index in [-0.39, 0.29) is 36.0 Å². The Hall–Kier alpha value is -3.21. The van der Waals surface area contributed by atoms with E-state index in [1.807, 2.05) is 30.3 Å². The predicted octanol–water partition coefficient (Wildman–Crippen LogP) is 5.95. The van der Waals surface area contributed by atoms with Gasteiger partial charge < -0.3 is 4.74 Å². The summed E-state index contributed by atoms with van der Waals surface area (Å²) in [6, 6.07) is 28.9. The first-order valence-electron chi connectivity index (χ1n) is 12.7. The molecule has 0 saturated carbocycles. The van der Waals surface area contributed by atoms with Gasteiger partial charge in [-0.2, -0.15) is 8.61 Å². The lowest BCUT2D eigenvalue weighted by Crippen LogP contribution is -2.31. The Morgan fingerprint density at radius 1 is 0.625 bits per heavy atom. The molecule has 0 fully saturated rings. The van der Waals surface area contributed by atoms with Crippen LogP contribution < -0.4 is 4.74 Å². The van der Waals surface area contributed by atoms with E-state index in [4.69, 9.17) is 16.3 Å². The number of ether oxygens (including phenoxy) is 1. The van der Waals surface area contributed by atoms with Gasteiger partial charge in [-0.05, 0) is 59.2 Å². The number of halogens is 1. The van der Waals surface area contributed by atoms with Crippen LogP contribution in [0.2, 0.25) is 5.02 Å². The van der Waals surface area contributed by atoms with Crippen molar-refractivity contribution in [3.8, 4) is 5.75 Å². The fraction of sp³-hybridized carbons (Fsp3) is 0.200. The maximum atomic E-state index is 13.9. The fourth-order valence-corrected chi connectivity index (χ4v) is 7.25. The number of hydrogen-bond donors (Lipinski definition) is 0. The summed E-state index contributed by atoms with van der Waals surface area (Å²) < 4.78 is 62.4. The summed E-state index contributed by atoms with van der Waals surface area (Å²) >= 11 is 6.37. The lowest BCUT2D eigenvalue weighted by atomic mass is 10.2. The summed E-state index contributed by atoms with van der Waals surface area (Å²) in [4.78, 5) is 0.00941. The summed E-state index contributed by atoms with van der Waals surface area (Å²) in [7, 11) is -6.31. The van der Waals surface area contributed by atoms with Crippen LogP contribution in [0.15, 0.2) is 113 Å². The molecule has 0 aliphatic rings. The number of nitrogens with zero attached hydrogens (tertiary/aromatic N) is 2. The largest absolute Gasteiger partial charge is 0.497 e. The molecule has 0 unspecified atom stereocenters. The van der Waals surface area contributed by atoms with Gasteiger partial charge in [-0.1, -0.05) is 79.2 Å². The molecule has 0 N–H and O–H groups in total. The van der Waals surface area contributed by atoms with Crippen LogP contribution >= 0.6 is 11.6 Å². The van der Waals surface area contributed by atoms with Crippen molar-refractivity contribution in [2.24, 2.45) is 0 Å². The molecule has 4 aromatic carbocycles. The van der Waals surface area contributed by atoms with Gasteiger partial charge in [0.05, 0.1) is 16.9 Å². The van der Waals surface area contributed by atoms with E-state index >= 15 is 0 Å². The first-order valence-corrected chi connectivity index (χ1v) is 15.9. The van der Waals surface area contributed by atoms with Gasteiger partial charge in [-0.25, -0.2) is 16.8 Å². The van der Waals surface area contributed by atoms with Crippen LogP contribution in [-0.2, 0) is 39.7 Å². The molecule has 4 rings (SSSR count). The second-order valence-electron chi connectivity index (χ2n) is 9.10. The minimum Gasteiger partial charge on any atom is -0.497 e. The number of hydrogen-bond acceptors (Lipinski definition) is 5. The quantitative estimate of drug-likeness (QED) is 0.201. The molecule has 210 valence electrons. The molecule has 0 radical (unpaired) electrons. The third-order valence-corrected chi connectivity index (χ3v) is 10.6. The molecule has 7 nitrogen and oxygen atoms in total. The van der Waals surface area contributed by atoms with E-state index in [2.05, 4.69) is 0 Å². The average molecular weight is 599 g/mol. The Kier molecular flexibility index (Phi) is 9.65. The lowest BCUT2D eigenvalue weighted by molar-refractivity contribution is 0.399. The molecule has 0 atom stereocenters. The smallest absolute Gasteiger partial charge is 0.243 e. The van der Waals surface area contributed by atoms with Crippen molar-refractivity contribution < 1.29 is 21.6 Å². The zero-order valence-corrected chi connectivity index (χ0v) is 24.7. The van der Waals surface area contributed by atoms with Crippen LogP contribution in [0.3, 0.4) is 0 Å². The van der Waals surface area contributed by atoms with Crippen molar-refractivity contribution in [1.29, 1.82) is 0 Å². The molecule has 0 aliphatic carbocycles. The first kappa shape index (κ1) is 29.8. The SMILES string of the molecule is CCN(Cc1ccccc1)S(=O)(=O)c1ccc(S(=O)(=O)N(Cc2ccc(OC)cc2)Cc2ccccc2Cl)cc1. The van der Waals surface area contributed by atoms with Gasteiger partial charge in [0.1, 0.15) is 5.75 Å². The van der Waals surface area contributed by atoms with Gasteiger partial charge in [0.2, 0.25) is 20.0 Å². The molecule has 40 heavy (non-hydrogen) atoms. The van der Waals surface area contributed by atoms with E-state index in [9.17, 15) is 16.8 Å². The Morgan fingerprint density at radius 3 is 1.68 bits per heavy atom. The van der Waals surface area contributed by atoms with Crippen LogP contribution in [0.25, 0.3) is 0 Å². The molecule has 0 aliphatic heterocycles. The maximum Gasteiger partial charge on any atom is 0.243 e. The van der Waals surface area contributed by atoms with E-state index in [1.54, 1.807) is 62.6 Å². The summed E-state index contributed by atoms with van der Waals surface area (Å²) in [5, 5.41) is 0.456. The molecule has 0 aromatic heterocycles. The maximum absolute atomic E-state index is 13.9. The Labute approximate surface area is 241 Å².